The van der Waals surface area contributed by atoms with Crippen molar-refractivity contribution in [1.29, 1.82) is 0 Å². The van der Waals surface area contributed by atoms with Crippen LogP contribution in [0, 0.1) is 5.92 Å². The van der Waals surface area contributed by atoms with Gasteiger partial charge in [0, 0.05) is 13.0 Å². The Bertz CT molecular complexity index is 112. The highest BCUT2D eigenvalue weighted by atomic mass is 16.5. The topological polar surface area (TPSA) is 26.3 Å². The molecule has 0 aliphatic heterocycles. The first-order valence-corrected chi connectivity index (χ1v) is 4.75. The zero-order chi connectivity index (χ0) is 9.40. The van der Waals surface area contributed by atoms with Gasteiger partial charge >= 0.3 is 0 Å². The van der Waals surface area contributed by atoms with E-state index in [1.165, 1.54) is 0 Å². The van der Waals surface area contributed by atoms with E-state index in [0.717, 1.165) is 19.1 Å². The van der Waals surface area contributed by atoms with Crippen molar-refractivity contribution >= 4 is 6.29 Å². The Labute approximate surface area is 75.3 Å². The van der Waals surface area contributed by atoms with Gasteiger partial charge in [-0.05, 0) is 19.3 Å². The number of ether oxygens (including phenoxy) is 1. The predicted molar refractivity (Wildman–Crippen MR) is 50.2 cm³/mol. The minimum atomic E-state index is 0.337. The molecule has 0 saturated carbocycles. The molecular formula is C10H20O2. The third-order valence-electron chi connectivity index (χ3n) is 1.86. The molecule has 2 nitrogen and oxygen atoms in total. The van der Waals surface area contributed by atoms with Crippen LogP contribution in [0.1, 0.15) is 40.0 Å². The molecule has 0 aromatic rings. The zero-order valence-electron chi connectivity index (χ0n) is 8.38. The summed E-state index contributed by atoms with van der Waals surface area (Å²) in [5, 5.41) is 0. The van der Waals surface area contributed by atoms with Gasteiger partial charge in [0.2, 0.25) is 0 Å². The van der Waals surface area contributed by atoms with E-state index in [0.29, 0.717) is 25.0 Å². The van der Waals surface area contributed by atoms with Gasteiger partial charge in [-0.25, -0.2) is 0 Å². The van der Waals surface area contributed by atoms with E-state index in [9.17, 15) is 4.79 Å². The summed E-state index contributed by atoms with van der Waals surface area (Å²) in [5.74, 6) is 0.363. The zero-order valence-corrected chi connectivity index (χ0v) is 8.38. The summed E-state index contributed by atoms with van der Waals surface area (Å²) in [5.41, 5.74) is 0. The second-order valence-corrected chi connectivity index (χ2v) is 3.44. The van der Waals surface area contributed by atoms with Gasteiger partial charge < -0.3 is 9.53 Å². The highest BCUT2D eigenvalue weighted by Gasteiger charge is 2.04. The summed E-state index contributed by atoms with van der Waals surface area (Å²) in [6, 6.07) is 0. The SMILES string of the molecule is CCCC(C)OCC(C)CC=O. The maximum Gasteiger partial charge on any atom is 0.120 e. The number of carbonyl (C=O) groups excluding carboxylic acids is 1. The van der Waals surface area contributed by atoms with Crippen molar-refractivity contribution < 1.29 is 9.53 Å². The molecule has 0 amide bonds. The molecule has 0 aromatic carbocycles. The molecule has 0 fully saturated rings. The lowest BCUT2D eigenvalue weighted by molar-refractivity contribution is -0.109. The molecule has 0 aliphatic rings. The summed E-state index contributed by atoms with van der Waals surface area (Å²) >= 11 is 0. The van der Waals surface area contributed by atoms with Crippen LogP contribution in [0.2, 0.25) is 0 Å². The second kappa shape index (κ2) is 7.29. The number of hydrogen-bond donors (Lipinski definition) is 0. The van der Waals surface area contributed by atoms with Crippen LogP contribution >= 0.6 is 0 Å². The molecule has 0 bridgehead atoms. The fourth-order valence-electron chi connectivity index (χ4n) is 1.05. The van der Waals surface area contributed by atoms with Gasteiger partial charge in [0.1, 0.15) is 6.29 Å². The minimum absolute atomic E-state index is 0.337. The number of rotatable bonds is 7. The van der Waals surface area contributed by atoms with Gasteiger partial charge in [-0.15, -0.1) is 0 Å². The molecule has 2 heteroatoms. The predicted octanol–water partition coefficient (Wildman–Crippen LogP) is 2.42. The fraction of sp³-hybridized carbons (Fsp3) is 0.900. The van der Waals surface area contributed by atoms with E-state index in [4.69, 9.17) is 4.74 Å². The van der Waals surface area contributed by atoms with Crippen LogP contribution < -0.4 is 0 Å². The lowest BCUT2D eigenvalue weighted by atomic mass is 10.1. The van der Waals surface area contributed by atoms with E-state index in [2.05, 4.69) is 13.8 Å². The molecule has 0 N–H and O–H groups in total. The van der Waals surface area contributed by atoms with Crippen molar-refractivity contribution in [3.63, 3.8) is 0 Å². The maximum absolute atomic E-state index is 10.1. The maximum atomic E-state index is 10.1. The van der Waals surface area contributed by atoms with E-state index >= 15 is 0 Å². The second-order valence-electron chi connectivity index (χ2n) is 3.44. The molecule has 2 unspecified atom stereocenters. The third-order valence-corrected chi connectivity index (χ3v) is 1.86. The largest absolute Gasteiger partial charge is 0.378 e. The van der Waals surface area contributed by atoms with Crippen molar-refractivity contribution in [3.05, 3.63) is 0 Å². The van der Waals surface area contributed by atoms with Gasteiger partial charge in [-0.2, -0.15) is 0 Å². The first-order valence-electron chi connectivity index (χ1n) is 4.75. The summed E-state index contributed by atoms with van der Waals surface area (Å²) in [6.45, 7) is 6.97. The summed E-state index contributed by atoms with van der Waals surface area (Å²) in [4.78, 5) is 10.1. The monoisotopic (exact) mass is 172 g/mol. The van der Waals surface area contributed by atoms with Gasteiger partial charge in [0.25, 0.3) is 0 Å². The Hall–Kier alpha value is -0.370. The first kappa shape index (κ1) is 11.6. The smallest absolute Gasteiger partial charge is 0.120 e. The summed E-state index contributed by atoms with van der Waals surface area (Å²) in [7, 11) is 0. The minimum Gasteiger partial charge on any atom is -0.378 e. The van der Waals surface area contributed by atoms with Crippen LogP contribution in [0.4, 0.5) is 0 Å². The van der Waals surface area contributed by atoms with Crippen LogP contribution in [0.3, 0.4) is 0 Å². The van der Waals surface area contributed by atoms with Crippen molar-refractivity contribution in [2.24, 2.45) is 5.92 Å². The highest BCUT2D eigenvalue weighted by Crippen LogP contribution is 2.05. The fourth-order valence-corrected chi connectivity index (χ4v) is 1.05. The van der Waals surface area contributed by atoms with Gasteiger partial charge in [-0.1, -0.05) is 20.3 Å². The Morgan fingerprint density at radius 3 is 2.58 bits per heavy atom. The lowest BCUT2D eigenvalue weighted by Gasteiger charge is -2.14. The van der Waals surface area contributed by atoms with Crippen LogP contribution in [-0.4, -0.2) is 19.0 Å². The molecule has 0 radical (unpaired) electrons. The quantitative estimate of drug-likeness (QED) is 0.551. The highest BCUT2D eigenvalue weighted by molar-refractivity contribution is 5.49. The Kier molecular flexibility index (Phi) is 7.06. The van der Waals surface area contributed by atoms with E-state index < -0.39 is 0 Å². The normalized spacial score (nSPS) is 15.6. The van der Waals surface area contributed by atoms with Crippen molar-refractivity contribution in [3.8, 4) is 0 Å². The summed E-state index contributed by atoms with van der Waals surface area (Å²) in [6.07, 6.45) is 4.16. The van der Waals surface area contributed by atoms with Crippen molar-refractivity contribution in [1.82, 2.24) is 0 Å². The molecule has 72 valence electrons. The molecule has 0 spiro atoms. The van der Waals surface area contributed by atoms with E-state index in [1.54, 1.807) is 0 Å². The molecule has 2 atom stereocenters. The van der Waals surface area contributed by atoms with Gasteiger partial charge in [0.05, 0.1) is 6.10 Å². The number of carbonyl (C=O) groups is 1. The third kappa shape index (κ3) is 6.35. The van der Waals surface area contributed by atoms with Crippen LogP contribution in [0.5, 0.6) is 0 Å². The molecular weight excluding hydrogens is 152 g/mol. The van der Waals surface area contributed by atoms with E-state index in [1.807, 2.05) is 6.92 Å². The van der Waals surface area contributed by atoms with Crippen LogP contribution in [0.25, 0.3) is 0 Å². The average molecular weight is 172 g/mol. The molecule has 12 heavy (non-hydrogen) atoms. The average Bonchev–Trinajstić information content (AvgIpc) is 2.02. The number of aldehydes is 1. The molecule has 0 aliphatic carbocycles. The molecule has 0 saturated heterocycles. The van der Waals surface area contributed by atoms with Crippen molar-refractivity contribution in [2.75, 3.05) is 6.61 Å². The Morgan fingerprint density at radius 1 is 1.42 bits per heavy atom. The van der Waals surface area contributed by atoms with Crippen LogP contribution in [-0.2, 0) is 9.53 Å². The summed E-state index contributed by atoms with van der Waals surface area (Å²) < 4.78 is 5.54. The lowest BCUT2D eigenvalue weighted by Crippen LogP contribution is -2.14. The van der Waals surface area contributed by atoms with Crippen LogP contribution in [0.15, 0.2) is 0 Å². The number of hydrogen-bond acceptors (Lipinski definition) is 2. The molecule has 0 rings (SSSR count). The molecule has 0 aromatic heterocycles. The van der Waals surface area contributed by atoms with Gasteiger partial charge in [-0.3, -0.25) is 0 Å². The molecule has 0 heterocycles. The standard InChI is InChI=1S/C10H20O2/c1-4-5-10(3)12-8-9(2)6-7-11/h7,9-10H,4-6,8H2,1-3H3. The van der Waals surface area contributed by atoms with Gasteiger partial charge in [0.15, 0.2) is 0 Å². The van der Waals surface area contributed by atoms with E-state index in [-0.39, 0.29) is 0 Å². The Morgan fingerprint density at radius 2 is 2.08 bits per heavy atom. The van der Waals surface area contributed by atoms with Crippen molar-refractivity contribution in [2.45, 2.75) is 46.1 Å². The first-order chi connectivity index (χ1) is 5.70. The Balaban J connectivity index is 3.32.